The van der Waals surface area contributed by atoms with Crippen molar-refractivity contribution in [2.45, 2.75) is 6.10 Å². The van der Waals surface area contributed by atoms with Gasteiger partial charge in [-0.15, -0.1) is 0 Å². The molecular formula is C18H19N5O3. The van der Waals surface area contributed by atoms with Gasteiger partial charge in [0.05, 0.1) is 24.3 Å². The molecule has 0 saturated carbocycles. The van der Waals surface area contributed by atoms with Crippen LogP contribution in [0.15, 0.2) is 41.5 Å². The van der Waals surface area contributed by atoms with Crippen LogP contribution in [0.1, 0.15) is 15.9 Å². The van der Waals surface area contributed by atoms with Crippen LogP contribution in [-0.2, 0) is 11.8 Å². The summed E-state index contributed by atoms with van der Waals surface area (Å²) >= 11 is 0. The van der Waals surface area contributed by atoms with Gasteiger partial charge >= 0.3 is 0 Å². The maximum Gasteiger partial charge on any atom is 0.293 e. The number of hydrogen-bond donors (Lipinski definition) is 1. The minimum atomic E-state index is -0.238. The number of anilines is 1. The van der Waals surface area contributed by atoms with Gasteiger partial charge in [0.25, 0.3) is 11.5 Å². The van der Waals surface area contributed by atoms with Gasteiger partial charge in [-0.25, -0.2) is 4.98 Å². The molecule has 2 aromatic rings. The van der Waals surface area contributed by atoms with Crippen LogP contribution >= 0.6 is 0 Å². The Morgan fingerprint density at radius 1 is 1.42 bits per heavy atom. The molecule has 0 radical (unpaired) electrons. The third-order valence-corrected chi connectivity index (χ3v) is 4.20. The lowest BCUT2D eigenvalue weighted by molar-refractivity contribution is -0.0149. The number of nitriles is 1. The maximum atomic E-state index is 12.6. The van der Waals surface area contributed by atoms with Crippen LogP contribution in [-0.4, -0.2) is 52.7 Å². The monoisotopic (exact) mass is 353 g/mol. The summed E-state index contributed by atoms with van der Waals surface area (Å²) < 4.78 is 7.13. The average molecular weight is 353 g/mol. The van der Waals surface area contributed by atoms with Gasteiger partial charge < -0.3 is 19.5 Å². The Hall–Kier alpha value is -3.18. The first-order valence-electron chi connectivity index (χ1n) is 8.25. The molecule has 0 unspecified atom stereocenters. The van der Waals surface area contributed by atoms with E-state index in [-0.39, 0.29) is 23.4 Å². The van der Waals surface area contributed by atoms with Crippen molar-refractivity contribution in [2.75, 3.05) is 31.6 Å². The predicted octanol–water partition coefficient (Wildman–Crippen LogP) is 0.605. The molecule has 2 heterocycles. The number of morpholine rings is 1. The smallest absolute Gasteiger partial charge is 0.293 e. The molecule has 1 atom stereocenters. The van der Waals surface area contributed by atoms with E-state index in [4.69, 9.17) is 10.00 Å². The molecule has 8 heteroatoms. The first-order chi connectivity index (χ1) is 12.6. The molecule has 1 aromatic heterocycles. The first kappa shape index (κ1) is 17.6. The molecule has 1 fully saturated rings. The van der Waals surface area contributed by atoms with Gasteiger partial charge in [0, 0.05) is 44.6 Å². The number of rotatable bonds is 4. The summed E-state index contributed by atoms with van der Waals surface area (Å²) in [6.45, 7) is 1.72. The van der Waals surface area contributed by atoms with E-state index in [1.807, 2.05) is 6.07 Å². The Labute approximate surface area is 150 Å². The molecule has 0 spiro atoms. The topological polar surface area (TPSA) is 100 Å². The summed E-state index contributed by atoms with van der Waals surface area (Å²) in [5.41, 5.74) is 0.840. The Morgan fingerprint density at radius 2 is 2.19 bits per heavy atom. The Bertz CT molecular complexity index is 885. The molecule has 1 aliphatic rings. The van der Waals surface area contributed by atoms with Crippen molar-refractivity contribution >= 4 is 11.7 Å². The molecule has 26 heavy (non-hydrogen) atoms. The van der Waals surface area contributed by atoms with E-state index >= 15 is 0 Å². The van der Waals surface area contributed by atoms with Gasteiger partial charge in [0.15, 0.2) is 5.82 Å². The highest BCUT2D eigenvalue weighted by Gasteiger charge is 2.25. The molecule has 1 aliphatic heterocycles. The largest absolute Gasteiger partial charge is 0.373 e. The van der Waals surface area contributed by atoms with Crippen molar-refractivity contribution in [3.05, 3.63) is 58.1 Å². The average Bonchev–Trinajstić information content (AvgIpc) is 2.69. The molecule has 0 aliphatic carbocycles. The van der Waals surface area contributed by atoms with Gasteiger partial charge in [-0.3, -0.25) is 9.59 Å². The second kappa shape index (κ2) is 7.80. The summed E-state index contributed by atoms with van der Waals surface area (Å²) in [6.07, 6.45) is 2.90. The van der Waals surface area contributed by atoms with Crippen molar-refractivity contribution in [1.29, 1.82) is 5.26 Å². The number of carbonyl (C=O) groups is 1. The molecule has 1 saturated heterocycles. The second-order valence-electron chi connectivity index (χ2n) is 6.01. The van der Waals surface area contributed by atoms with Gasteiger partial charge in [0.2, 0.25) is 0 Å². The molecule has 1 amide bonds. The fourth-order valence-corrected chi connectivity index (χ4v) is 2.73. The van der Waals surface area contributed by atoms with Gasteiger partial charge in [-0.1, -0.05) is 0 Å². The van der Waals surface area contributed by atoms with Crippen molar-refractivity contribution < 1.29 is 9.53 Å². The van der Waals surface area contributed by atoms with Crippen LogP contribution < -0.4 is 10.9 Å². The second-order valence-corrected chi connectivity index (χ2v) is 6.01. The number of amides is 1. The van der Waals surface area contributed by atoms with E-state index in [0.717, 1.165) is 0 Å². The fourth-order valence-electron chi connectivity index (χ4n) is 2.73. The Balaban J connectivity index is 1.61. The lowest BCUT2D eigenvalue weighted by Crippen LogP contribution is -2.48. The number of benzene rings is 1. The normalized spacial score (nSPS) is 16.8. The van der Waals surface area contributed by atoms with E-state index in [9.17, 15) is 9.59 Å². The zero-order valence-corrected chi connectivity index (χ0v) is 14.4. The number of nitrogens with one attached hydrogen (secondary N) is 1. The summed E-state index contributed by atoms with van der Waals surface area (Å²) in [5.74, 6) is 0.158. The highest BCUT2D eigenvalue weighted by atomic mass is 16.5. The van der Waals surface area contributed by atoms with Crippen LogP contribution in [0, 0.1) is 11.3 Å². The predicted molar refractivity (Wildman–Crippen MR) is 94.8 cm³/mol. The molecule has 1 aromatic carbocycles. The minimum Gasteiger partial charge on any atom is -0.373 e. The zero-order valence-electron chi connectivity index (χ0n) is 14.4. The molecular weight excluding hydrogens is 334 g/mol. The van der Waals surface area contributed by atoms with Crippen LogP contribution in [0.2, 0.25) is 0 Å². The van der Waals surface area contributed by atoms with E-state index in [0.29, 0.717) is 37.4 Å². The van der Waals surface area contributed by atoms with E-state index in [2.05, 4.69) is 10.3 Å². The van der Waals surface area contributed by atoms with E-state index < -0.39 is 0 Å². The molecule has 0 bridgehead atoms. The van der Waals surface area contributed by atoms with Crippen LogP contribution in [0.4, 0.5) is 5.82 Å². The van der Waals surface area contributed by atoms with Gasteiger partial charge in [0.1, 0.15) is 0 Å². The first-order valence-corrected chi connectivity index (χ1v) is 8.25. The van der Waals surface area contributed by atoms with Crippen molar-refractivity contribution in [1.82, 2.24) is 14.5 Å². The summed E-state index contributed by atoms with van der Waals surface area (Å²) in [4.78, 5) is 30.3. The third kappa shape index (κ3) is 3.90. The van der Waals surface area contributed by atoms with Crippen LogP contribution in [0.25, 0.3) is 0 Å². The Morgan fingerprint density at radius 3 is 2.92 bits per heavy atom. The molecule has 8 nitrogen and oxygen atoms in total. The van der Waals surface area contributed by atoms with Crippen LogP contribution in [0.5, 0.6) is 0 Å². The summed E-state index contributed by atoms with van der Waals surface area (Å²) in [7, 11) is 1.66. The molecule has 134 valence electrons. The lowest BCUT2D eigenvalue weighted by Gasteiger charge is -2.33. The van der Waals surface area contributed by atoms with Crippen LogP contribution in [0.3, 0.4) is 0 Å². The lowest BCUT2D eigenvalue weighted by atomic mass is 10.1. The highest BCUT2D eigenvalue weighted by molar-refractivity contribution is 5.94. The summed E-state index contributed by atoms with van der Waals surface area (Å²) in [5, 5.41) is 11.8. The van der Waals surface area contributed by atoms with Gasteiger partial charge in [-0.2, -0.15) is 5.26 Å². The van der Waals surface area contributed by atoms with Crippen molar-refractivity contribution in [3.63, 3.8) is 0 Å². The Kier molecular flexibility index (Phi) is 5.29. The van der Waals surface area contributed by atoms with Crippen molar-refractivity contribution in [2.24, 2.45) is 7.05 Å². The van der Waals surface area contributed by atoms with E-state index in [1.165, 1.54) is 4.57 Å². The number of hydrogen-bond acceptors (Lipinski definition) is 6. The highest BCUT2D eigenvalue weighted by Crippen LogP contribution is 2.12. The zero-order chi connectivity index (χ0) is 18.5. The quantitative estimate of drug-likeness (QED) is 0.864. The maximum absolute atomic E-state index is 12.6. The summed E-state index contributed by atoms with van der Waals surface area (Å²) in [6, 6.07) is 8.60. The number of ether oxygens (including phenoxy) is 1. The number of aryl methyl sites for hydroxylation is 1. The van der Waals surface area contributed by atoms with Gasteiger partial charge in [-0.05, 0) is 24.3 Å². The number of carbonyl (C=O) groups excluding carboxylic acids is 1. The fraction of sp³-hybridized carbons (Fsp3) is 0.333. The number of aromatic nitrogens is 2. The third-order valence-electron chi connectivity index (χ3n) is 4.20. The SMILES string of the molecule is Cn1ccnc(NC[C@@H]2CN(C(=O)c3ccc(C#N)cc3)CCO2)c1=O. The van der Waals surface area contributed by atoms with E-state index in [1.54, 1.807) is 48.6 Å². The molecule has 3 rings (SSSR count). The van der Waals surface area contributed by atoms with Crippen molar-refractivity contribution in [3.8, 4) is 6.07 Å². The minimum absolute atomic E-state index is 0.100. The standard InChI is InChI=1S/C18H19N5O3/c1-22-7-6-20-16(18(22)25)21-11-15-12-23(8-9-26-15)17(24)14-4-2-13(10-19)3-5-14/h2-7,15H,8-9,11-12H2,1H3,(H,20,21)/t15-/m1/s1. The molecule has 1 N–H and O–H groups in total. The number of nitrogens with zero attached hydrogens (tertiary/aromatic N) is 4.